The van der Waals surface area contributed by atoms with Crippen LogP contribution in [0.3, 0.4) is 0 Å². The topological polar surface area (TPSA) is 68.0 Å². The number of hydrogen-bond acceptors (Lipinski definition) is 3. The molecule has 1 aromatic carbocycles. The van der Waals surface area contributed by atoms with Crippen LogP contribution in [0.25, 0.3) is 0 Å². The smallest absolute Gasteiger partial charge is 0.358 e. The van der Waals surface area contributed by atoms with Gasteiger partial charge in [-0.15, -0.1) is 5.10 Å². The van der Waals surface area contributed by atoms with Gasteiger partial charge in [-0.1, -0.05) is 30.3 Å². The van der Waals surface area contributed by atoms with Crippen LogP contribution in [0.2, 0.25) is 0 Å². The maximum absolute atomic E-state index is 10.6. The van der Waals surface area contributed by atoms with Gasteiger partial charge in [-0.25, -0.2) is 4.79 Å². The first-order chi connectivity index (χ1) is 7.25. The molecule has 0 spiro atoms. The molecule has 0 saturated heterocycles. The molecule has 0 aliphatic carbocycles. The predicted octanol–water partition coefficient (Wildman–Crippen LogP) is 1.02. The van der Waals surface area contributed by atoms with Gasteiger partial charge in [0.2, 0.25) is 0 Å². The molecular weight excluding hydrogens is 194 g/mol. The predicted molar refractivity (Wildman–Crippen MR) is 52.5 cm³/mol. The molecule has 0 amide bonds. The molecule has 0 unspecified atom stereocenters. The molecule has 2 aromatic rings. The van der Waals surface area contributed by atoms with Crippen LogP contribution in [-0.2, 0) is 6.54 Å². The summed E-state index contributed by atoms with van der Waals surface area (Å²) in [6.07, 6.45) is 1.24. The standard InChI is InChI=1S/C10H9N3O2/c14-10(15)9-6-11-13(12-9)7-8-4-2-1-3-5-8/h1-6H,7H2,(H,14,15). The van der Waals surface area contributed by atoms with Crippen molar-refractivity contribution in [1.82, 2.24) is 15.0 Å². The van der Waals surface area contributed by atoms with Crippen molar-refractivity contribution >= 4 is 5.97 Å². The maximum Gasteiger partial charge on any atom is 0.358 e. The Bertz CT molecular complexity index is 465. The van der Waals surface area contributed by atoms with Gasteiger partial charge in [0.05, 0.1) is 12.7 Å². The summed E-state index contributed by atoms with van der Waals surface area (Å²) in [4.78, 5) is 11.9. The molecular formula is C10H9N3O2. The lowest BCUT2D eigenvalue weighted by atomic mass is 10.2. The monoisotopic (exact) mass is 203 g/mol. The summed E-state index contributed by atoms with van der Waals surface area (Å²) >= 11 is 0. The fourth-order valence-electron chi connectivity index (χ4n) is 1.22. The highest BCUT2D eigenvalue weighted by molar-refractivity contribution is 5.84. The Morgan fingerprint density at radius 1 is 1.33 bits per heavy atom. The minimum Gasteiger partial charge on any atom is -0.476 e. The summed E-state index contributed by atoms with van der Waals surface area (Å²) in [5.74, 6) is -1.06. The summed E-state index contributed by atoms with van der Waals surface area (Å²) in [5.41, 5.74) is 0.996. The summed E-state index contributed by atoms with van der Waals surface area (Å²) in [6, 6.07) is 9.62. The van der Waals surface area contributed by atoms with Crippen LogP contribution in [0.1, 0.15) is 16.1 Å². The molecule has 1 aromatic heterocycles. The zero-order chi connectivity index (χ0) is 10.7. The molecule has 0 radical (unpaired) electrons. The van der Waals surface area contributed by atoms with E-state index in [-0.39, 0.29) is 5.69 Å². The highest BCUT2D eigenvalue weighted by Crippen LogP contribution is 2.00. The molecule has 1 N–H and O–H groups in total. The highest BCUT2D eigenvalue weighted by atomic mass is 16.4. The molecule has 15 heavy (non-hydrogen) atoms. The Balaban J connectivity index is 2.15. The number of aromatic carboxylic acids is 1. The summed E-state index contributed by atoms with van der Waals surface area (Å²) in [7, 11) is 0. The maximum atomic E-state index is 10.6. The molecule has 0 aliphatic heterocycles. The normalized spacial score (nSPS) is 10.1. The van der Waals surface area contributed by atoms with Gasteiger partial charge < -0.3 is 5.11 Å². The quantitative estimate of drug-likeness (QED) is 0.808. The second-order valence-corrected chi connectivity index (χ2v) is 3.05. The number of carboxylic acids is 1. The minimum atomic E-state index is -1.06. The van der Waals surface area contributed by atoms with E-state index >= 15 is 0 Å². The molecule has 0 fully saturated rings. The zero-order valence-corrected chi connectivity index (χ0v) is 7.87. The van der Waals surface area contributed by atoms with Crippen molar-refractivity contribution in [2.45, 2.75) is 6.54 Å². The Labute approximate surface area is 86.0 Å². The summed E-state index contributed by atoms with van der Waals surface area (Å²) in [6.45, 7) is 0.480. The van der Waals surface area contributed by atoms with Crippen LogP contribution in [0.15, 0.2) is 36.5 Å². The van der Waals surface area contributed by atoms with Gasteiger partial charge in [0.25, 0.3) is 0 Å². The van der Waals surface area contributed by atoms with E-state index in [0.717, 1.165) is 5.56 Å². The number of carboxylic acid groups (broad SMARTS) is 1. The number of benzene rings is 1. The Hall–Kier alpha value is -2.17. The van der Waals surface area contributed by atoms with E-state index in [1.54, 1.807) is 0 Å². The zero-order valence-electron chi connectivity index (χ0n) is 7.87. The average Bonchev–Trinajstić information content (AvgIpc) is 2.68. The summed E-state index contributed by atoms with van der Waals surface area (Å²) in [5, 5.41) is 16.3. The van der Waals surface area contributed by atoms with Crippen molar-refractivity contribution in [3.63, 3.8) is 0 Å². The largest absolute Gasteiger partial charge is 0.476 e. The van der Waals surface area contributed by atoms with Crippen LogP contribution < -0.4 is 0 Å². The van der Waals surface area contributed by atoms with E-state index in [1.807, 2.05) is 30.3 Å². The van der Waals surface area contributed by atoms with Gasteiger partial charge in [0.1, 0.15) is 0 Å². The lowest BCUT2D eigenvalue weighted by Gasteiger charge is -1.98. The molecule has 0 atom stereocenters. The average molecular weight is 203 g/mol. The summed E-state index contributed by atoms with van der Waals surface area (Å²) < 4.78 is 0. The van der Waals surface area contributed by atoms with E-state index in [2.05, 4.69) is 10.2 Å². The first kappa shape index (κ1) is 9.39. The Morgan fingerprint density at radius 3 is 2.67 bits per heavy atom. The van der Waals surface area contributed by atoms with Crippen LogP contribution >= 0.6 is 0 Å². The number of carbonyl (C=O) groups is 1. The molecule has 0 saturated carbocycles. The van der Waals surface area contributed by atoms with E-state index < -0.39 is 5.97 Å². The van der Waals surface area contributed by atoms with Gasteiger partial charge in [-0.2, -0.15) is 9.90 Å². The SMILES string of the molecule is O=C(O)c1cnn(Cc2ccccc2)n1. The Morgan fingerprint density at radius 2 is 2.07 bits per heavy atom. The first-order valence-electron chi connectivity index (χ1n) is 4.43. The van der Waals surface area contributed by atoms with Gasteiger partial charge in [0, 0.05) is 0 Å². The van der Waals surface area contributed by atoms with Gasteiger partial charge in [-0.05, 0) is 5.56 Å². The van der Waals surface area contributed by atoms with Crippen LogP contribution in [0.5, 0.6) is 0 Å². The van der Waals surface area contributed by atoms with Gasteiger partial charge in [-0.3, -0.25) is 0 Å². The van der Waals surface area contributed by atoms with Crippen molar-refractivity contribution in [3.8, 4) is 0 Å². The molecule has 2 rings (SSSR count). The lowest BCUT2D eigenvalue weighted by Crippen LogP contribution is -2.05. The molecule has 0 aliphatic rings. The second-order valence-electron chi connectivity index (χ2n) is 3.05. The number of rotatable bonds is 3. The lowest BCUT2D eigenvalue weighted by molar-refractivity contribution is 0.0689. The van der Waals surface area contributed by atoms with E-state index in [1.165, 1.54) is 11.0 Å². The van der Waals surface area contributed by atoms with E-state index in [4.69, 9.17) is 5.11 Å². The third kappa shape index (κ3) is 2.19. The molecule has 5 nitrogen and oxygen atoms in total. The van der Waals surface area contributed by atoms with Gasteiger partial charge in [0.15, 0.2) is 5.69 Å². The number of aromatic nitrogens is 3. The van der Waals surface area contributed by atoms with E-state index in [9.17, 15) is 4.79 Å². The van der Waals surface area contributed by atoms with Crippen molar-refractivity contribution in [2.24, 2.45) is 0 Å². The van der Waals surface area contributed by atoms with Crippen LogP contribution in [0.4, 0.5) is 0 Å². The van der Waals surface area contributed by atoms with Crippen LogP contribution in [0, 0.1) is 0 Å². The second kappa shape index (κ2) is 3.91. The van der Waals surface area contributed by atoms with E-state index in [0.29, 0.717) is 6.54 Å². The number of hydrogen-bond donors (Lipinski definition) is 1. The molecule has 1 heterocycles. The minimum absolute atomic E-state index is 0.0362. The first-order valence-corrected chi connectivity index (χ1v) is 4.43. The molecule has 76 valence electrons. The molecule has 5 heteroatoms. The number of nitrogens with zero attached hydrogens (tertiary/aromatic N) is 3. The highest BCUT2D eigenvalue weighted by Gasteiger charge is 2.07. The molecule has 0 bridgehead atoms. The van der Waals surface area contributed by atoms with Crippen molar-refractivity contribution in [2.75, 3.05) is 0 Å². The third-order valence-corrected chi connectivity index (χ3v) is 1.92. The van der Waals surface area contributed by atoms with Crippen molar-refractivity contribution in [3.05, 3.63) is 47.8 Å². The Kier molecular flexibility index (Phi) is 2.45. The fraction of sp³-hybridized carbons (Fsp3) is 0.100. The third-order valence-electron chi connectivity index (χ3n) is 1.92. The van der Waals surface area contributed by atoms with Crippen LogP contribution in [-0.4, -0.2) is 26.1 Å². The van der Waals surface area contributed by atoms with Gasteiger partial charge >= 0.3 is 5.97 Å². The van der Waals surface area contributed by atoms with Crippen molar-refractivity contribution < 1.29 is 9.90 Å². The van der Waals surface area contributed by atoms with Crippen molar-refractivity contribution in [1.29, 1.82) is 0 Å². The fourth-order valence-corrected chi connectivity index (χ4v) is 1.22.